The predicted molar refractivity (Wildman–Crippen MR) is 73.5 cm³/mol. The molecule has 1 rings (SSSR count). The molecule has 0 fully saturated rings. The fourth-order valence-electron chi connectivity index (χ4n) is 1.59. The van der Waals surface area contributed by atoms with Gasteiger partial charge in [-0.05, 0) is 31.1 Å². The molecule has 1 aromatic heterocycles. The van der Waals surface area contributed by atoms with E-state index in [4.69, 9.17) is 10.00 Å². The third-order valence-electron chi connectivity index (χ3n) is 2.64. The minimum absolute atomic E-state index is 0.105. The monoisotopic (exact) mass is 315 g/mol. The average molecular weight is 315 g/mol. The predicted octanol–water partition coefficient (Wildman–Crippen LogP) is 2.48. The van der Waals surface area contributed by atoms with Crippen LogP contribution in [-0.4, -0.2) is 30.6 Å². The second-order valence-electron chi connectivity index (χ2n) is 4.32. The lowest BCUT2D eigenvalue weighted by Gasteiger charge is -2.04. The number of carbonyl (C=O) groups excluding carboxylic acids is 1. The lowest BCUT2D eigenvalue weighted by molar-refractivity contribution is -0.140. The molecule has 0 saturated carbocycles. The Balaban J connectivity index is 2.65. The van der Waals surface area contributed by atoms with Crippen molar-refractivity contribution in [2.75, 3.05) is 19.8 Å². The third kappa shape index (κ3) is 5.61. The zero-order valence-electron chi connectivity index (χ0n) is 12.0. The van der Waals surface area contributed by atoms with Crippen LogP contribution in [0.2, 0.25) is 0 Å². The summed E-state index contributed by atoms with van der Waals surface area (Å²) in [4.78, 5) is 13.8. The Morgan fingerprint density at radius 2 is 2.27 bits per heavy atom. The largest absolute Gasteiger partial charge is 0.431 e. The molecule has 1 aromatic rings. The summed E-state index contributed by atoms with van der Waals surface area (Å²) < 4.78 is 42.4. The number of nitrogens with zero attached hydrogens (tertiary/aromatic N) is 1. The highest BCUT2D eigenvalue weighted by Crippen LogP contribution is 2.28. The van der Waals surface area contributed by atoms with Gasteiger partial charge in [-0.3, -0.25) is 4.79 Å². The fourth-order valence-corrected chi connectivity index (χ4v) is 1.59. The Bertz CT molecular complexity index is 571. The summed E-state index contributed by atoms with van der Waals surface area (Å²) in [6, 6.07) is 2.51. The number of nitriles is 1. The molecule has 5 nitrogen and oxygen atoms in total. The summed E-state index contributed by atoms with van der Waals surface area (Å²) in [5, 5.41) is 11.4. The van der Waals surface area contributed by atoms with Gasteiger partial charge < -0.3 is 15.0 Å². The summed E-state index contributed by atoms with van der Waals surface area (Å²) in [6.45, 7) is 3.22. The van der Waals surface area contributed by atoms with E-state index in [0.29, 0.717) is 26.2 Å². The van der Waals surface area contributed by atoms with E-state index in [0.717, 1.165) is 18.3 Å². The highest BCUT2D eigenvalue weighted by atomic mass is 19.4. The number of nitrogens with one attached hydrogen (secondary N) is 2. The van der Waals surface area contributed by atoms with Crippen molar-refractivity contribution in [3.8, 4) is 6.07 Å². The smallest absolute Gasteiger partial charge is 0.382 e. The first-order chi connectivity index (χ1) is 10.4. The number of aromatic amines is 1. The van der Waals surface area contributed by atoms with Crippen molar-refractivity contribution < 1.29 is 22.7 Å². The lowest BCUT2D eigenvalue weighted by atomic mass is 10.2. The van der Waals surface area contributed by atoms with Crippen LogP contribution in [-0.2, 0) is 15.7 Å². The molecule has 0 spiro atoms. The van der Waals surface area contributed by atoms with E-state index in [1.165, 1.54) is 0 Å². The molecule has 1 heterocycles. The number of ether oxygens (including phenoxy) is 1. The van der Waals surface area contributed by atoms with Crippen LogP contribution < -0.4 is 5.32 Å². The molecule has 0 unspecified atom stereocenters. The van der Waals surface area contributed by atoms with Crippen molar-refractivity contribution in [2.45, 2.75) is 19.5 Å². The normalized spacial score (nSPS) is 12.0. The zero-order valence-corrected chi connectivity index (χ0v) is 12.0. The van der Waals surface area contributed by atoms with Crippen molar-refractivity contribution in [3.05, 3.63) is 29.1 Å². The summed E-state index contributed by atoms with van der Waals surface area (Å²) in [6.07, 6.45) is -1.73. The maximum absolute atomic E-state index is 12.4. The molecular formula is C14H16F3N3O2. The molecule has 1 amide bonds. The van der Waals surface area contributed by atoms with Gasteiger partial charge in [0, 0.05) is 26.0 Å². The van der Waals surface area contributed by atoms with Crippen molar-refractivity contribution in [1.82, 2.24) is 10.3 Å². The van der Waals surface area contributed by atoms with Crippen molar-refractivity contribution in [3.63, 3.8) is 0 Å². The minimum Gasteiger partial charge on any atom is -0.382 e. The van der Waals surface area contributed by atoms with Crippen LogP contribution in [0.5, 0.6) is 0 Å². The van der Waals surface area contributed by atoms with E-state index in [1.807, 2.05) is 6.92 Å². The molecule has 0 saturated heterocycles. The second-order valence-corrected chi connectivity index (χ2v) is 4.32. The average Bonchev–Trinajstić information content (AvgIpc) is 2.93. The Hall–Kier alpha value is -2.27. The first-order valence-electron chi connectivity index (χ1n) is 6.61. The molecule has 0 aromatic carbocycles. The molecule has 22 heavy (non-hydrogen) atoms. The van der Waals surface area contributed by atoms with Gasteiger partial charge in [0.15, 0.2) is 0 Å². The van der Waals surface area contributed by atoms with Gasteiger partial charge in [-0.15, -0.1) is 0 Å². The van der Waals surface area contributed by atoms with E-state index >= 15 is 0 Å². The highest BCUT2D eigenvalue weighted by Gasteiger charge is 2.32. The molecule has 0 aliphatic heterocycles. The Kier molecular flexibility index (Phi) is 6.66. The van der Waals surface area contributed by atoms with Gasteiger partial charge in [0.2, 0.25) is 0 Å². The van der Waals surface area contributed by atoms with Gasteiger partial charge in [0.25, 0.3) is 5.91 Å². The molecular weight excluding hydrogens is 299 g/mol. The van der Waals surface area contributed by atoms with Crippen molar-refractivity contribution in [1.29, 1.82) is 5.26 Å². The molecule has 0 atom stereocenters. The van der Waals surface area contributed by atoms with E-state index in [2.05, 4.69) is 10.3 Å². The lowest BCUT2D eigenvalue weighted by Crippen LogP contribution is -2.26. The summed E-state index contributed by atoms with van der Waals surface area (Å²) in [5.74, 6) is -0.631. The fraction of sp³-hybridized carbons (Fsp3) is 0.429. The molecule has 0 bridgehead atoms. The third-order valence-corrected chi connectivity index (χ3v) is 2.64. The van der Waals surface area contributed by atoms with Crippen LogP contribution in [0.15, 0.2) is 17.8 Å². The van der Waals surface area contributed by atoms with Crippen LogP contribution in [0.1, 0.15) is 24.6 Å². The number of alkyl halides is 3. The van der Waals surface area contributed by atoms with Crippen molar-refractivity contribution in [2.24, 2.45) is 0 Å². The van der Waals surface area contributed by atoms with E-state index in [-0.39, 0.29) is 11.1 Å². The van der Waals surface area contributed by atoms with Crippen LogP contribution in [0, 0.1) is 11.3 Å². The van der Waals surface area contributed by atoms with Crippen molar-refractivity contribution >= 4 is 12.0 Å². The maximum Gasteiger partial charge on any atom is 0.431 e. The van der Waals surface area contributed by atoms with Crippen LogP contribution in [0.25, 0.3) is 6.08 Å². The second kappa shape index (κ2) is 8.24. The number of amides is 1. The van der Waals surface area contributed by atoms with Crippen LogP contribution in [0.4, 0.5) is 13.2 Å². The molecule has 0 radical (unpaired) electrons. The minimum atomic E-state index is -4.50. The first kappa shape index (κ1) is 17.8. The van der Waals surface area contributed by atoms with E-state index in [1.54, 1.807) is 6.07 Å². The quantitative estimate of drug-likeness (QED) is 0.461. The van der Waals surface area contributed by atoms with E-state index in [9.17, 15) is 18.0 Å². The Labute approximate surface area is 125 Å². The molecule has 0 aliphatic carbocycles. The molecule has 2 N–H and O–H groups in total. The number of aromatic nitrogens is 1. The van der Waals surface area contributed by atoms with Gasteiger partial charge in [-0.1, -0.05) is 0 Å². The topological polar surface area (TPSA) is 77.9 Å². The number of hydrogen-bond donors (Lipinski definition) is 2. The Morgan fingerprint density at radius 3 is 2.82 bits per heavy atom. The van der Waals surface area contributed by atoms with E-state index < -0.39 is 17.8 Å². The van der Waals surface area contributed by atoms with Crippen LogP contribution >= 0.6 is 0 Å². The van der Waals surface area contributed by atoms with Gasteiger partial charge in [0.05, 0.1) is 0 Å². The Morgan fingerprint density at radius 1 is 1.55 bits per heavy atom. The SMILES string of the molecule is CCOCCCNC(=O)C(C#N)=Cc1c[nH]c(C(F)(F)F)c1. The number of H-pyrrole nitrogens is 1. The summed E-state index contributed by atoms with van der Waals surface area (Å²) >= 11 is 0. The van der Waals surface area contributed by atoms with Gasteiger partial charge >= 0.3 is 6.18 Å². The number of rotatable bonds is 7. The zero-order chi connectivity index (χ0) is 16.6. The molecule has 120 valence electrons. The standard InChI is InChI=1S/C14H16F3N3O2/c1-2-22-5-3-4-19-13(21)11(8-18)6-10-7-12(20-9-10)14(15,16)17/h6-7,9,20H,2-5H2,1H3,(H,19,21). The molecule has 8 heteroatoms. The first-order valence-corrected chi connectivity index (χ1v) is 6.61. The summed E-state index contributed by atoms with van der Waals surface area (Å²) in [5.41, 5.74) is -1.09. The number of halogens is 3. The van der Waals surface area contributed by atoms with Crippen LogP contribution in [0.3, 0.4) is 0 Å². The summed E-state index contributed by atoms with van der Waals surface area (Å²) in [7, 11) is 0. The van der Waals surface area contributed by atoms with Gasteiger partial charge in [0.1, 0.15) is 17.3 Å². The van der Waals surface area contributed by atoms with Gasteiger partial charge in [-0.2, -0.15) is 18.4 Å². The van der Waals surface area contributed by atoms with Gasteiger partial charge in [-0.25, -0.2) is 0 Å². The molecule has 0 aliphatic rings. The maximum atomic E-state index is 12.4. The number of hydrogen-bond acceptors (Lipinski definition) is 3. The highest BCUT2D eigenvalue weighted by molar-refractivity contribution is 6.01. The number of carbonyl (C=O) groups is 1.